The van der Waals surface area contributed by atoms with E-state index in [-0.39, 0.29) is 36.6 Å². The number of hydrogen-bond donors (Lipinski definition) is 2. The molecule has 5 rings (SSSR count). The molecule has 3 heterocycles. The third kappa shape index (κ3) is 3.72. The number of nitriles is 1. The molecular formula is C28H29N5O3. The van der Waals surface area contributed by atoms with Crippen LogP contribution in [0.1, 0.15) is 42.7 Å². The Bertz CT molecular complexity index is 1370. The van der Waals surface area contributed by atoms with E-state index in [1.54, 1.807) is 13.1 Å². The third-order valence-corrected chi connectivity index (χ3v) is 7.44. The number of likely N-dealkylation sites (N-methyl/N-ethyl adjacent to an activating group) is 1. The molecule has 0 saturated carbocycles. The molecule has 0 bridgehead atoms. The highest BCUT2D eigenvalue weighted by Gasteiger charge is 2.56. The molecule has 36 heavy (non-hydrogen) atoms. The summed E-state index contributed by atoms with van der Waals surface area (Å²) in [4.78, 5) is 46.7. The lowest BCUT2D eigenvalue weighted by Gasteiger charge is -2.33. The van der Waals surface area contributed by atoms with Gasteiger partial charge in [0.2, 0.25) is 11.8 Å². The van der Waals surface area contributed by atoms with Crippen molar-refractivity contribution >= 4 is 34.3 Å². The van der Waals surface area contributed by atoms with E-state index < -0.39 is 17.5 Å². The summed E-state index contributed by atoms with van der Waals surface area (Å²) in [5, 5.41) is 13.8. The van der Waals surface area contributed by atoms with E-state index in [4.69, 9.17) is 0 Å². The summed E-state index contributed by atoms with van der Waals surface area (Å²) in [6.45, 7) is 4.10. The first-order valence-corrected chi connectivity index (χ1v) is 12.2. The molecule has 1 saturated heterocycles. The van der Waals surface area contributed by atoms with Crippen LogP contribution < -0.4 is 5.32 Å². The number of hydrogen-bond acceptors (Lipinski definition) is 4. The van der Waals surface area contributed by atoms with Crippen molar-refractivity contribution in [3.05, 3.63) is 65.9 Å². The predicted octanol–water partition coefficient (Wildman–Crippen LogP) is 3.67. The third-order valence-electron chi connectivity index (χ3n) is 7.44. The Labute approximate surface area is 209 Å². The largest absolute Gasteiger partial charge is 0.351 e. The quantitative estimate of drug-likeness (QED) is 0.577. The van der Waals surface area contributed by atoms with Gasteiger partial charge < -0.3 is 20.1 Å². The number of carbonyl (C=O) groups excluding carboxylic acids is 3. The zero-order valence-electron chi connectivity index (χ0n) is 20.6. The van der Waals surface area contributed by atoms with Gasteiger partial charge in [-0.1, -0.05) is 50.2 Å². The van der Waals surface area contributed by atoms with E-state index in [9.17, 15) is 19.6 Å². The van der Waals surface area contributed by atoms with Crippen LogP contribution in [0.3, 0.4) is 0 Å². The highest BCUT2D eigenvalue weighted by molar-refractivity contribution is 6.07. The fraction of sp³-hybridized carbons (Fsp3) is 0.357. The summed E-state index contributed by atoms with van der Waals surface area (Å²) in [7, 11) is 1.63. The summed E-state index contributed by atoms with van der Waals surface area (Å²) in [6, 6.07) is 17.5. The van der Waals surface area contributed by atoms with Crippen LogP contribution in [-0.2, 0) is 15.0 Å². The van der Waals surface area contributed by atoms with Crippen LogP contribution in [0.5, 0.6) is 0 Å². The van der Waals surface area contributed by atoms with Gasteiger partial charge in [0.15, 0.2) is 0 Å². The standard InChI is InChI=1S/C28H29N5O3/c1-17(2)12-24(32(3)25(34)23-13-18-8-4-6-10-21(18)30-23)26(35)33-16-28(14-19(33)15-29)20-9-5-7-11-22(20)31-27(28)36/h4-11,13,17,19,24,30H,12,14,16H2,1-3H3,(H,31,36)/t19?,24-,28-/m0/s1. The Kier molecular flexibility index (Phi) is 5.79. The minimum absolute atomic E-state index is 0.107. The minimum Gasteiger partial charge on any atom is -0.351 e. The molecule has 1 spiro atoms. The molecule has 3 amide bonds. The van der Waals surface area contributed by atoms with Crippen LogP contribution in [0, 0.1) is 17.2 Å². The van der Waals surface area contributed by atoms with Gasteiger partial charge in [0, 0.05) is 36.6 Å². The van der Waals surface area contributed by atoms with Crippen molar-refractivity contribution in [2.45, 2.75) is 44.2 Å². The lowest BCUT2D eigenvalue weighted by atomic mass is 9.80. The second kappa shape index (κ2) is 8.83. The molecule has 2 aliphatic heterocycles. The molecule has 2 aliphatic rings. The van der Waals surface area contributed by atoms with E-state index in [1.807, 2.05) is 62.4 Å². The lowest BCUT2D eigenvalue weighted by Crippen LogP contribution is -2.52. The Morgan fingerprint density at radius 2 is 1.92 bits per heavy atom. The number of nitrogens with zero attached hydrogens (tertiary/aromatic N) is 3. The normalized spacial score (nSPS) is 21.5. The van der Waals surface area contributed by atoms with E-state index in [1.165, 1.54) is 9.80 Å². The average molecular weight is 484 g/mol. The van der Waals surface area contributed by atoms with E-state index in [2.05, 4.69) is 16.4 Å². The van der Waals surface area contributed by atoms with Gasteiger partial charge in [0.05, 0.1) is 11.5 Å². The second-order valence-corrected chi connectivity index (χ2v) is 10.2. The van der Waals surface area contributed by atoms with Crippen LogP contribution in [0.15, 0.2) is 54.6 Å². The summed E-state index contributed by atoms with van der Waals surface area (Å²) >= 11 is 0. The zero-order valence-corrected chi connectivity index (χ0v) is 20.6. The molecule has 2 N–H and O–H groups in total. The number of carbonyl (C=O) groups is 3. The van der Waals surface area contributed by atoms with Crippen molar-refractivity contribution in [1.29, 1.82) is 5.26 Å². The number of fused-ring (bicyclic) bond motifs is 3. The monoisotopic (exact) mass is 483 g/mol. The van der Waals surface area contributed by atoms with Gasteiger partial charge in [-0.15, -0.1) is 0 Å². The molecule has 0 radical (unpaired) electrons. The maximum Gasteiger partial charge on any atom is 0.270 e. The summed E-state index contributed by atoms with van der Waals surface area (Å²) < 4.78 is 0. The van der Waals surface area contributed by atoms with Gasteiger partial charge in [-0.25, -0.2) is 0 Å². The number of aromatic amines is 1. The van der Waals surface area contributed by atoms with Gasteiger partial charge in [0.1, 0.15) is 17.8 Å². The van der Waals surface area contributed by atoms with Gasteiger partial charge in [0.25, 0.3) is 5.91 Å². The number of anilines is 1. The van der Waals surface area contributed by atoms with Crippen LogP contribution in [0.2, 0.25) is 0 Å². The predicted molar refractivity (Wildman–Crippen MR) is 136 cm³/mol. The van der Waals surface area contributed by atoms with E-state index in [0.717, 1.165) is 22.2 Å². The van der Waals surface area contributed by atoms with Gasteiger partial charge in [-0.3, -0.25) is 14.4 Å². The van der Waals surface area contributed by atoms with Crippen LogP contribution in [0.25, 0.3) is 10.9 Å². The van der Waals surface area contributed by atoms with Crippen LogP contribution in [0.4, 0.5) is 5.69 Å². The maximum atomic E-state index is 14.0. The Hall–Kier alpha value is -4.12. The maximum absolute atomic E-state index is 14.0. The van der Waals surface area contributed by atoms with Crippen LogP contribution in [-0.4, -0.2) is 58.2 Å². The molecule has 184 valence electrons. The van der Waals surface area contributed by atoms with Gasteiger partial charge in [-0.2, -0.15) is 5.26 Å². The minimum atomic E-state index is -0.964. The SMILES string of the molecule is CC(C)C[C@@H](C(=O)N1C[C@]2(CC1C#N)C(=O)Nc1ccccc12)N(C)C(=O)c1cc2ccccc2[nH]1. The summed E-state index contributed by atoms with van der Waals surface area (Å²) in [5.41, 5.74) is 1.82. The number of rotatable bonds is 5. The zero-order chi connectivity index (χ0) is 25.6. The summed E-state index contributed by atoms with van der Waals surface area (Å²) in [6.07, 6.45) is 0.665. The summed E-state index contributed by atoms with van der Waals surface area (Å²) in [5.74, 6) is -0.667. The van der Waals surface area contributed by atoms with E-state index >= 15 is 0 Å². The Morgan fingerprint density at radius 3 is 2.64 bits per heavy atom. The number of H-pyrrole nitrogens is 1. The molecule has 1 unspecified atom stereocenters. The average Bonchev–Trinajstić information content (AvgIpc) is 3.55. The first-order chi connectivity index (χ1) is 17.2. The van der Waals surface area contributed by atoms with Crippen molar-refractivity contribution in [2.24, 2.45) is 5.92 Å². The fourth-order valence-electron chi connectivity index (χ4n) is 5.57. The Balaban J connectivity index is 1.46. The highest BCUT2D eigenvalue weighted by Crippen LogP contribution is 2.46. The van der Waals surface area contributed by atoms with Crippen molar-refractivity contribution < 1.29 is 14.4 Å². The molecule has 2 aromatic carbocycles. The Morgan fingerprint density at radius 1 is 1.19 bits per heavy atom. The first kappa shape index (κ1) is 23.6. The highest BCUT2D eigenvalue weighted by atomic mass is 16.2. The molecule has 0 aliphatic carbocycles. The number of aromatic nitrogens is 1. The van der Waals surface area contributed by atoms with Gasteiger partial charge in [-0.05, 0) is 36.1 Å². The second-order valence-electron chi connectivity index (χ2n) is 10.2. The molecule has 1 aromatic heterocycles. The molecule has 3 atom stereocenters. The smallest absolute Gasteiger partial charge is 0.270 e. The van der Waals surface area contributed by atoms with Gasteiger partial charge >= 0.3 is 0 Å². The first-order valence-electron chi connectivity index (χ1n) is 12.2. The topological polar surface area (TPSA) is 109 Å². The number of amides is 3. The van der Waals surface area contributed by atoms with Crippen molar-refractivity contribution in [2.75, 3.05) is 18.9 Å². The molecule has 1 fully saturated rings. The van der Waals surface area contributed by atoms with Crippen molar-refractivity contribution in [3.63, 3.8) is 0 Å². The van der Waals surface area contributed by atoms with Crippen molar-refractivity contribution in [3.8, 4) is 6.07 Å². The molecule has 8 nitrogen and oxygen atoms in total. The van der Waals surface area contributed by atoms with Crippen LogP contribution >= 0.6 is 0 Å². The number of para-hydroxylation sites is 2. The van der Waals surface area contributed by atoms with Crippen molar-refractivity contribution in [1.82, 2.24) is 14.8 Å². The molecule has 8 heteroatoms. The number of nitrogens with one attached hydrogen (secondary N) is 2. The fourth-order valence-corrected chi connectivity index (χ4v) is 5.57. The number of likely N-dealkylation sites (tertiary alicyclic amines) is 1. The number of benzene rings is 2. The van der Waals surface area contributed by atoms with E-state index in [0.29, 0.717) is 12.1 Å². The molecule has 3 aromatic rings. The molecular weight excluding hydrogens is 454 g/mol. The lowest BCUT2D eigenvalue weighted by molar-refractivity contribution is -0.136.